The van der Waals surface area contributed by atoms with E-state index in [1.54, 1.807) is 13.8 Å². The summed E-state index contributed by atoms with van der Waals surface area (Å²) >= 11 is 0. The summed E-state index contributed by atoms with van der Waals surface area (Å²) in [5.74, 6) is -1.49. The second kappa shape index (κ2) is 3.74. The summed E-state index contributed by atoms with van der Waals surface area (Å²) in [4.78, 5) is 11.1. The van der Waals surface area contributed by atoms with Gasteiger partial charge in [-0.3, -0.25) is 0 Å². The fraction of sp³-hybridized carbons (Fsp3) is 0.917. The van der Waals surface area contributed by atoms with E-state index in [1.165, 1.54) is 0 Å². The molecular weight excluding hydrogens is 240 g/mol. The van der Waals surface area contributed by atoms with Gasteiger partial charge in [-0.2, -0.15) is 0 Å². The Morgan fingerprint density at radius 2 is 1.39 bits per heavy atom. The van der Waals surface area contributed by atoms with Crippen molar-refractivity contribution in [3.63, 3.8) is 0 Å². The highest BCUT2D eigenvalue weighted by Gasteiger charge is 2.60. The Bertz CT molecular complexity index is 366. The number of carbonyl (C=O) groups is 1. The van der Waals surface area contributed by atoms with Gasteiger partial charge in [0.25, 0.3) is 0 Å². The van der Waals surface area contributed by atoms with Gasteiger partial charge in [-0.05, 0) is 27.7 Å². The average Bonchev–Trinajstić information content (AvgIpc) is 2.71. The lowest BCUT2D eigenvalue weighted by atomic mass is 10.00. The van der Waals surface area contributed by atoms with Crippen LogP contribution >= 0.6 is 0 Å². The fourth-order valence-corrected chi connectivity index (χ4v) is 2.75. The summed E-state index contributed by atoms with van der Waals surface area (Å²) in [5.41, 5.74) is 0. The Kier molecular flexibility index (Phi) is 2.60. The van der Waals surface area contributed by atoms with Crippen molar-refractivity contribution in [3.8, 4) is 0 Å². The second-order valence-corrected chi connectivity index (χ2v) is 5.77. The molecule has 3 heterocycles. The highest BCUT2D eigenvalue weighted by Crippen LogP contribution is 2.43. The Morgan fingerprint density at radius 1 is 0.833 bits per heavy atom. The number of hydrogen-bond acceptors (Lipinski definition) is 6. The van der Waals surface area contributed by atoms with Gasteiger partial charge >= 0.3 is 0 Å². The minimum atomic E-state index is -0.745. The summed E-state index contributed by atoms with van der Waals surface area (Å²) in [5, 5.41) is 0. The first-order chi connectivity index (χ1) is 8.31. The van der Waals surface area contributed by atoms with Crippen molar-refractivity contribution in [2.45, 2.75) is 70.0 Å². The highest BCUT2D eigenvalue weighted by atomic mass is 16.9. The molecule has 1 unspecified atom stereocenters. The minimum absolute atomic E-state index is 0.351. The van der Waals surface area contributed by atoms with Crippen molar-refractivity contribution in [1.29, 1.82) is 0 Å². The van der Waals surface area contributed by atoms with Crippen LogP contribution in [0.15, 0.2) is 0 Å². The van der Waals surface area contributed by atoms with Crippen LogP contribution in [-0.2, 0) is 28.5 Å². The summed E-state index contributed by atoms with van der Waals surface area (Å²) in [6.07, 6.45) is -1.72. The number of rotatable bonds is 1. The number of carbonyl (C=O) groups excluding carboxylic acids is 1. The quantitative estimate of drug-likeness (QED) is 0.641. The smallest absolute Gasteiger partial charge is 0.190 e. The Morgan fingerprint density at radius 3 is 2.06 bits per heavy atom. The zero-order valence-electron chi connectivity index (χ0n) is 10.9. The molecular formula is C12H18O6. The van der Waals surface area contributed by atoms with Crippen LogP contribution in [0.1, 0.15) is 27.7 Å². The topological polar surface area (TPSA) is 63.2 Å². The van der Waals surface area contributed by atoms with Gasteiger partial charge in [-0.1, -0.05) is 0 Å². The number of hydrogen-bond donors (Lipinski definition) is 0. The van der Waals surface area contributed by atoms with Crippen LogP contribution < -0.4 is 0 Å². The van der Waals surface area contributed by atoms with Gasteiger partial charge < -0.3 is 28.5 Å². The lowest BCUT2D eigenvalue weighted by Crippen LogP contribution is -2.55. The molecule has 0 aromatic heterocycles. The van der Waals surface area contributed by atoms with Gasteiger partial charge in [0, 0.05) is 0 Å². The van der Waals surface area contributed by atoms with E-state index < -0.39 is 30.1 Å². The molecule has 3 rings (SSSR count). The maximum atomic E-state index is 11.1. The predicted octanol–water partition coefficient (Wildman–Crippen LogP) is 0.582. The molecule has 3 fully saturated rings. The molecule has 3 saturated heterocycles. The molecule has 0 amide bonds. The maximum Gasteiger partial charge on any atom is 0.190 e. The Hall–Kier alpha value is -0.530. The van der Waals surface area contributed by atoms with E-state index in [-0.39, 0.29) is 12.2 Å². The van der Waals surface area contributed by atoms with E-state index in [0.717, 1.165) is 6.29 Å². The van der Waals surface area contributed by atoms with Crippen LogP contribution in [0.3, 0.4) is 0 Å². The largest absolute Gasteiger partial charge is 0.342 e. The summed E-state index contributed by atoms with van der Waals surface area (Å²) in [6.45, 7) is 7.23. The second-order valence-electron chi connectivity index (χ2n) is 5.77. The molecule has 6 heteroatoms. The van der Waals surface area contributed by atoms with Crippen LogP contribution in [0, 0.1) is 0 Å². The van der Waals surface area contributed by atoms with Crippen molar-refractivity contribution in [2.24, 2.45) is 0 Å². The molecule has 18 heavy (non-hydrogen) atoms. The molecule has 0 aliphatic carbocycles. The molecule has 3 aliphatic rings. The lowest BCUT2D eigenvalue weighted by Gasteiger charge is -2.34. The molecule has 6 nitrogen and oxygen atoms in total. The molecule has 0 N–H and O–H groups in total. The molecule has 0 radical (unpaired) electrons. The van der Waals surface area contributed by atoms with Crippen LogP contribution in [0.5, 0.6) is 0 Å². The van der Waals surface area contributed by atoms with Gasteiger partial charge in [0.2, 0.25) is 0 Å². The molecule has 5 atom stereocenters. The first-order valence-corrected chi connectivity index (χ1v) is 6.13. The van der Waals surface area contributed by atoms with Crippen LogP contribution in [0.4, 0.5) is 0 Å². The van der Waals surface area contributed by atoms with E-state index in [0.29, 0.717) is 0 Å². The van der Waals surface area contributed by atoms with Crippen molar-refractivity contribution < 1.29 is 28.5 Å². The van der Waals surface area contributed by atoms with Gasteiger partial charge in [0.05, 0.1) is 0 Å². The fourth-order valence-electron chi connectivity index (χ4n) is 2.75. The van der Waals surface area contributed by atoms with E-state index in [4.69, 9.17) is 23.7 Å². The molecule has 0 aromatic carbocycles. The lowest BCUT2D eigenvalue weighted by molar-refractivity contribution is -0.226. The molecule has 3 aliphatic heterocycles. The van der Waals surface area contributed by atoms with Gasteiger partial charge in [0.15, 0.2) is 24.2 Å². The average molecular weight is 258 g/mol. The normalized spacial score (nSPS) is 48.6. The monoisotopic (exact) mass is 258 g/mol. The molecule has 0 aromatic rings. The van der Waals surface area contributed by atoms with Crippen molar-refractivity contribution in [2.75, 3.05) is 0 Å². The Balaban J connectivity index is 1.89. The van der Waals surface area contributed by atoms with Crippen molar-refractivity contribution in [3.05, 3.63) is 0 Å². The third-order valence-electron chi connectivity index (χ3n) is 3.32. The summed E-state index contributed by atoms with van der Waals surface area (Å²) < 4.78 is 28.5. The number of aldehydes is 1. The Labute approximate surface area is 105 Å². The van der Waals surface area contributed by atoms with Crippen LogP contribution in [0.2, 0.25) is 0 Å². The number of ether oxygens (including phenoxy) is 5. The van der Waals surface area contributed by atoms with Crippen molar-refractivity contribution >= 4 is 6.29 Å². The molecule has 102 valence electrons. The molecule has 0 spiro atoms. The number of fused-ring (bicyclic) bond motifs is 3. The first-order valence-electron chi connectivity index (χ1n) is 6.13. The maximum absolute atomic E-state index is 11.1. The SMILES string of the molecule is CC1(C)O[C@@H]2O[C@@H](C=O)[C@H]3OC(C)(C)OC3[C@@H]2O1. The van der Waals surface area contributed by atoms with Gasteiger partial charge in [-0.25, -0.2) is 0 Å². The van der Waals surface area contributed by atoms with Gasteiger partial charge in [-0.15, -0.1) is 0 Å². The first kappa shape index (κ1) is 12.5. The van der Waals surface area contributed by atoms with E-state index in [2.05, 4.69) is 0 Å². The minimum Gasteiger partial charge on any atom is -0.342 e. The summed E-state index contributed by atoms with van der Waals surface area (Å²) in [7, 11) is 0. The summed E-state index contributed by atoms with van der Waals surface area (Å²) in [6, 6.07) is 0. The van der Waals surface area contributed by atoms with Crippen molar-refractivity contribution in [1.82, 2.24) is 0 Å². The highest BCUT2D eigenvalue weighted by molar-refractivity contribution is 5.58. The van der Waals surface area contributed by atoms with Crippen LogP contribution in [0.25, 0.3) is 0 Å². The standard InChI is InChI=1S/C12H18O6/c1-11(2)15-7-6(5-13)14-10-9(8(7)16-11)17-12(3,4)18-10/h5-10H,1-4H3/t6-,7+,8?,9-,10-/m0/s1. The van der Waals surface area contributed by atoms with E-state index in [9.17, 15) is 4.79 Å². The third-order valence-corrected chi connectivity index (χ3v) is 3.32. The zero-order chi connectivity index (χ0) is 13.1. The van der Waals surface area contributed by atoms with Gasteiger partial charge in [0.1, 0.15) is 24.4 Å². The third kappa shape index (κ3) is 1.88. The molecule has 0 saturated carbocycles. The molecule has 0 bridgehead atoms. The zero-order valence-corrected chi connectivity index (χ0v) is 10.9. The van der Waals surface area contributed by atoms with E-state index in [1.807, 2.05) is 13.8 Å². The van der Waals surface area contributed by atoms with Crippen LogP contribution in [-0.4, -0.2) is 48.6 Å². The predicted molar refractivity (Wildman–Crippen MR) is 58.6 cm³/mol. The van der Waals surface area contributed by atoms with E-state index >= 15 is 0 Å².